The average Bonchev–Trinajstić information content (AvgIpc) is 2.68. The predicted octanol–water partition coefficient (Wildman–Crippen LogP) is 1.08. The van der Waals surface area contributed by atoms with Gasteiger partial charge in [-0.2, -0.15) is 0 Å². The van der Waals surface area contributed by atoms with Crippen molar-refractivity contribution in [2.75, 3.05) is 13.1 Å². The van der Waals surface area contributed by atoms with Crippen LogP contribution in [0.3, 0.4) is 0 Å². The number of rotatable bonds is 2. The second kappa shape index (κ2) is 4.89. The Bertz CT molecular complexity index is 377. The van der Waals surface area contributed by atoms with Gasteiger partial charge in [0.25, 0.3) is 0 Å². The highest BCUT2D eigenvalue weighted by molar-refractivity contribution is 7.80. The summed E-state index contributed by atoms with van der Waals surface area (Å²) >= 11 is 4.21. The summed E-state index contributed by atoms with van der Waals surface area (Å²) in [6.45, 7) is 1.49. The molecule has 0 saturated carbocycles. The van der Waals surface area contributed by atoms with Crippen molar-refractivity contribution in [3.8, 4) is 0 Å². The number of carbonyl (C=O) groups excluding carboxylic acids is 1. The molecule has 3 nitrogen and oxygen atoms in total. The van der Waals surface area contributed by atoms with E-state index in [9.17, 15) is 4.79 Å². The van der Waals surface area contributed by atoms with Crippen molar-refractivity contribution in [1.29, 1.82) is 0 Å². The van der Waals surface area contributed by atoms with Gasteiger partial charge in [-0.3, -0.25) is 4.79 Å². The number of nitrogens with two attached hydrogens (primary N) is 1. The molecule has 1 aliphatic heterocycles. The number of carbonyl (C=O) groups is 1. The van der Waals surface area contributed by atoms with Gasteiger partial charge in [0.05, 0.1) is 6.42 Å². The second-order valence-electron chi connectivity index (χ2n) is 4.23. The van der Waals surface area contributed by atoms with Gasteiger partial charge < -0.3 is 10.6 Å². The van der Waals surface area contributed by atoms with Crippen LogP contribution in [0.25, 0.3) is 0 Å². The fourth-order valence-electron chi connectivity index (χ4n) is 1.91. The molecule has 1 unspecified atom stereocenters. The van der Waals surface area contributed by atoms with E-state index in [1.54, 1.807) is 0 Å². The van der Waals surface area contributed by atoms with Crippen LogP contribution in [0.4, 0.5) is 0 Å². The van der Waals surface area contributed by atoms with Gasteiger partial charge in [0.15, 0.2) is 0 Å². The Morgan fingerprint density at radius 3 is 2.69 bits per heavy atom. The van der Waals surface area contributed by atoms with E-state index in [0.29, 0.717) is 13.0 Å². The third kappa shape index (κ3) is 2.77. The molecule has 1 aliphatic rings. The van der Waals surface area contributed by atoms with E-state index >= 15 is 0 Å². The minimum atomic E-state index is 0.156. The third-order valence-corrected chi connectivity index (χ3v) is 3.17. The van der Waals surface area contributed by atoms with Crippen LogP contribution in [0.5, 0.6) is 0 Å². The third-order valence-electron chi connectivity index (χ3n) is 2.87. The molecule has 1 fully saturated rings. The van der Waals surface area contributed by atoms with Gasteiger partial charge in [-0.15, -0.1) is 12.6 Å². The average molecular weight is 236 g/mol. The largest absolute Gasteiger partial charge is 0.341 e. The van der Waals surface area contributed by atoms with Gasteiger partial charge in [0.2, 0.25) is 5.91 Å². The lowest BCUT2D eigenvalue weighted by Crippen LogP contribution is -2.32. The van der Waals surface area contributed by atoms with Crippen LogP contribution in [-0.4, -0.2) is 29.9 Å². The maximum Gasteiger partial charge on any atom is 0.227 e. The predicted molar refractivity (Wildman–Crippen MR) is 66.6 cm³/mol. The maximum absolute atomic E-state index is 11.9. The SMILES string of the molecule is NC1CCN(C(=O)Cc2ccc(S)cc2)C1. The molecule has 2 rings (SSSR count). The summed E-state index contributed by atoms with van der Waals surface area (Å²) in [7, 11) is 0. The fourth-order valence-corrected chi connectivity index (χ4v) is 2.06. The topological polar surface area (TPSA) is 46.3 Å². The molecule has 86 valence electrons. The molecule has 0 aliphatic carbocycles. The number of hydrogen-bond acceptors (Lipinski definition) is 3. The summed E-state index contributed by atoms with van der Waals surface area (Å²) in [6, 6.07) is 7.85. The van der Waals surface area contributed by atoms with Crippen molar-refractivity contribution >= 4 is 18.5 Å². The summed E-state index contributed by atoms with van der Waals surface area (Å²) in [5.74, 6) is 0.167. The van der Waals surface area contributed by atoms with Gasteiger partial charge in [-0.05, 0) is 24.1 Å². The molecule has 1 heterocycles. The molecule has 2 N–H and O–H groups in total. The molecular formula is C12H16N2OS. The zero-order valence-electron chi connectivity index (χ0n) is 9.10. The van der Waals surface area contributed by atoms with Crippen molar-refractivity contribution in [2.45, 2.75) is 23.8 Å². The molecule has 1 atom stereocenters. The number of amides is 1. The Morgan fingerprint density at radius 2 is 2.12 bits per heavy atom. The van der Waals surface area contributed by atoms with E-state index in [0.717, 1.165) is 23.4 Å². The molecule has 1 saturated heterocycles. The molecular weight excluding hydrogens is 220 g/mol. The minimum Gasteiger partial charge on any atom is -0.341 e. The van der Waals surface area contributed by atoms with Crippen molar-refractivity contribution < 1.29 is 4.79 Å². The van der Waals surface area contributed by atoms with Crippen LogP contribution in [0.15, 0.2) is 29.2 Å². The summed E-state index contributed by atoms with van der Waals surface area (Å²) in [4.78, 5) is 14.7. The van der Waals surface area contributed by atoms with E-state index in [2.05, 4.69) is 12.6 Å². The Morgan fingerprint density at radius 1 is 1.44 bits per heavy atom. The first-order valence-corrected chi connectivity index (χ1v) is 5.91. The van der Waals surface area contributed by atoms with Crippen molar-refractivity contribution in [2.24, 2.45) is 5.73 Å². The lowest BCUT2D eigenvalue weighted by Gasteiger charge is -2.15. The standard InChI is InChI=1S/C12H16N2OS/c13-10-5-6-14(8-10)12(15)7-9-1-3-11(16)4-2-9/h1-4,10,16H,5-8,13H2. The number of hydrogen-bond donors (Lipinski definition) is 2. The first-order chi connectivity index (χ1) is 7.65. The van der Waals surface area contributed by atoms with Gasteiger partial charge in [-0.25, -0.2) is 0 Å². The molecule has 0 spiro atoms. The van der Waals surface area contributed by atoms with Crippen LogP contribution >= 0.6 is 12.6 Å². The highest BCUT2D eigenvalue weighted by Gasteiger charge is 2.23. The Labute approximate surface area is 101 Å². The molecule has 1 aromatic carbocycles. The van der Waals surface area contributed by atoms with Crippen molar-refractivity contribution in [3.05, 3.63) is 29.8 Å². The van der Waals surface area contributed by atoms with Crippen LogP contribution in [-0.2, 0) is 11.2 Å². The van der Waals surface area contributed by atoms with E-state index in [-0.39, 0.29) is 11.9 Å². The Hall–Kier alpha value is -1.00. The van der Waals surface area contributed by atoms with Crippen molar-refractivity contribution in [3.63, 3.8) is 0 Å². The fraction of sp³-hybridized carbons (Fsp3) is 0.417. The van der Waals surface area contributed by atoms with Crippen LogP contribution in [0, 0.1) is 0 Å². The van der Waals surface area contributed by atoms with Gasteiger partial charge in [-0.1, -0.05) is 12.1 Å². The first kappa shape index (κ1) is 11.5. The minimum absolute atomic E-state index is 0.156. The highest BCUT2D eigenvalue weighted by atomic mass is 32.1. The summed E-state index contributed by atoms with van der Waals surface area (Å²) < 4.78 is 0. The van der Waals surface area contributed by atoms with Crippen LogP contribution < -0.4 is 5.73 Å². The molecule has 0 aromatic heterocycles. The molecule has 16 heavy (non-hydrogen) atoms. The van der Waals surface area contributed by atoms with Crippen molar-refractivity contribution in [1.82, 2.24) is 4.90 Å². The lowest BCUT2D eigenvalue weighted by molar-refractivity contribution is -0.129. The normalized spacial score (nSPS) is 20.1. The number of nitrogens with zero attached hydrogens (tertiary/aromatic N) is 1. The second-order valence-corrected chi connectivity index (χ2v) is 4.75. The van der Waals surface area contributed by atoms with E-state index in [4.69, 9.17) is 5.73 Å². The Kier molecular flexibility index (Phi) is 3.51. The molecule has 0 radical (unpaired) electrons. The van der Waals surface area contributed by atoms with Crippen LogP contribution in [0.1, 0.15) is 12.0 Å². The first-order valence-electron chi connectivity index (χ1n) is 5.46. The molecule has 0 bridgehead atoms. The van der Waals surface area contributed by atoms with E-state index in [1.807, 2.05) is 29.2 Å². The van der Waals surface area contributed by atoms with Crippen LogP contribution in [0.2, 0.25) is 0 Å². The molecule has 1 amide bonds. The lowest BCUT2D eigenvalue weighted by atomic mass is 10.1. The van der Waals surface area contributed by atoms with E-state index < -0.39 is 0 Å². The molecule has 4 heteroatoms. The summed E-state index contributed by atoms with van der Waals surface area (Å²) in [5.41, 5.74) is 6.80. The Balaban J connectivity index is 1.94. The van der Waals surface area contributed by atoms with Gasteiger partial charge in [0, 0.05) is 24.0 Å². The number of benzene rings is 1. The number of likely N-dealkylation sites (tertiary alicyclic amines) is 1. The summed E-state index contributed by atoms with van der Waals surface area (Å²) in [6.07, 6.45) is 1.38. The summed E-state index contributed by atoms with van der Waals surface area (Å²) in [5, 5.41) is 0. The monoisotopic (exact) mass is 236 g/mol. The van der Waals surface area contributed by atoms with Gasteiger partial charge >= 0.3 is 0 Å². The quantitative estimate of drug-likeness (QED) is 0.755. The zero-order chi connectivity index (χ0) is 11.5. The highest BCUT2D eigenvalue weighted by Crippen LogP contribution is 2.12. The maximum atomic E-state index is 11.9. The number of thiol groups is 1. The van der Waals surface area contributed by atoms with Gasteiger partial charge in [0.1, 0.15) is 0 Å². The smallest absolute Gasteiger partial charge is 0.227 e. The van der Waals surface area contributed by atoms with E-state index in [1.165, 1.54) is 0 Å². The molecule has 1 aromatic rings. The zero-order valence-corrected chi connectivity index (χ0v) is 9.99.